The summed E-state index contributed by atoms with van der Waals surface area (Å²) in [7, 11) is 0. The van der Waals surface area contributed by atoms with Gasteiger partial charge >= 0.3 is 0 Å². The van der Waals surface area contributed by atoms with E-state index in [4.69, 9.17) is 0 Å². The molecule has 1 rings (SSSR count). The molecule has 1 atom stereocenters. The Bertz CT molecular complexity index is 528. The highest BCUT2D eigenvalue weighted by atomic mass is 127. The number of rotatable bonds is 5. The van der Waals surface area contributed by atoms with Gasteiger partial charge in [0.2, 0.25) is 0 Å². The molecule has 0 radical (unpaired) electrons. The largest absolute Gasteiger partial charge is 0.507 e. The van der Waals surface area contributed by atoms with Crippen LogP contribution in [0.4, 0.5) is 0 Å². The van der Waals surface area contributed by atoms with Gasteiger partial charge in [0.25, 0.3) is 0 Å². The van der Waals surface area contributed by atoms with Gasteiger partial charge in [0.1, 0.15) is 11.5 Å². The minimum Gasteiger partial charge on any atom is -0.507 e. The summed E-state index contributed by atoms with van der Waals surface area (Å²) in [6, 6.07) is 0. The van der Waals surface area contributed by atoms with E-state index in [0.29, 0.717) is 16.4 Å². The monoisotopic (exact) mass is 392 g/mol. The predicted octanol–water partition coefficient (Wildman–Crippen LogP) is 2.65. The SMILES string of the molecule is CCC(=O)[C@@H](O)C(=O)C(C)=C(O)C1=C(O)C(I)=CCC1. The van der Waals surface area contributed by atoms with Gasteiger partial charge in [0.15, 0.2) is 17.7 Å². The van der Waals surface area contributed by atoms with Crippen LogP contribution in [0.1, 0.15) is 33.1 Å². The summed E-state index contributed by atoms with van der Waals surface area (Å²) in [5.74, 6) is -1.87. The zero-order valence-electron chi connectivity index (χ0n) is 11.3. The molecule has 0 heterocycles. The Kier molecular flexibility index (Phi) is 5.94. The van der Waals surface area contributed by atoms with E-state index in [1.165, 1.54) is 6.92 Å². The standard InChI is InChI=1S/C14H17IO5/c1-3-10(16)14(20)12(18)7(2)11(17)8-5-4-6-9(15)13(8)19/h6,14,17,19-20H,3-5H2,1-2H3/t14-/m1/s1. The van der Waals surface area contributed by atoms with Crippen molar-refractivity contribution < 1.29 is 24.9 Å². The molecule has 0 aromatic carbocycles. The summed E-state index contributed by atoms with van der Waals surface area (Å²) >= 11 is 1.93. The second-order valence-electron chi connectivity index (χ2n) is 4.48. The Balaban J connectivity index is 3.13. The van der Waals surface area contributed by atoms with Crippen molar-refractivity contribution >= 4 is 34.2 Å². The minimum atomic E-state index is -1.76. The van der Waals surface area contributed by atoms with E-state index in [-0.39, 0.29) is 29.1 Å². The van der Waals surface area contributed by atoms with E-state index in [0.717, 1.165) is 0 Å². The molecule has 1 aliphatic rings. The van der Waals surface area contributed by atoms with Gasteiger partial charge in [-0.15, -0.1) is 0 Å². The second-order valence-corrected chi connectivity index (χ2v) is 5.64. The van der Waals surface area contributed by atoms with Crippen LogP contribution < -0.4 is 0 Å². The quantitative estimate of drug-likeness (QED) is 0.290. The number of aliphatic hydroxyl groups excluding tert-OH is 3. The molecule has 6 heteroatoms. The van der Waals surface area contributed by atoms with Crippen molar-refractivity contribution in [2.45, 2.75) is 39.2 Å². The molecule has 0 aliphatic heterocycles. The van der Waals surface area contributed by atoms with E-state index in [1.54, 1.807) is 6.92 Å². The van der Waals surface area contributed by atoms with Crippen molar-refractivity contribution in [3.8, 4) is 0 Å². The first kappa shape index (κ1) is 16.9. The van der Waals surface area contributed by atoms with Gasteiger partial charge < -0.3 is 15.3 Å². The molecule has 0 unspecified atom stereocenters. The van der Waals surface area contributed by atoms with Crippen LogP contribution in [-0.4, -0.2) is 33.0 Å². The molecule has 110 valence electrons. The van der Waals surface area contributed by atoms with Crippen molar-refractivity contribution in [2.24, 2.45) is 0 Å². The lowest BCUT2D eigenvalue weighted by molar-refractivity contribution is -0.136. The fourth-order valence-electron chi connectivity index (χ4n) is 1.82. The van der Waals surface area contributed by atoms with Crippen LogP contribution >= 0.6 is 22.6 Å². The summed E-state index contributed by atoms with van der Waals surface area (Å²) in [5.41, 5.74) is 0.144. The van der Waals surface area contributed by atoms with Crippen LogP contribution in [0.2, 0.25) is 0 Å². The average Bonchev–Trinajstić information content (AvgIpc) is 2.46. The third-order valence-corrected chi connectivity index (χ3v) is 4.09. The Morgan fingerprint density at radius 2 is 2.05 bits per heavy atom. The number of ketones is 2. The van der Waals surface area contributed by atoms with Crippen molar-refractivity contribution in [2.75, 3.05) is 0 Å². The van der Waals surface area contributed by atoms with E-state index in [2.05, 4.69) is 0 Å². The Labute approximate surface area is 130 Å². The molecule has 3 N–H and O–H groups in total. The fraction of sp³-hybridized carbons (Fsp3) is 0.429. The topological polar surface area (TPSA) is 94.8 Å². The first-order chi connectivity index (χ1) is 9.31. The number of aliphatic hydroxyl groups is 3. The number of halogens is 1. The first-order valence-electron chi connectivity index (χ1n) is 6.24. The van der Waals surface area contributed by atoms with E-state index in [1.807, 2.05) is 28.7 Å². The molecule has 20 heavy (non-hydrogen) atoms. The lowest BCUT2D eigenvalue weighted by Gasteiger charge is -2.16. The lowest BCUT2D eigenvalue weighted by Crippen LogP contribution is -2.30. The highest BCUT2D eigenvalue weighted by Crippen LogP contribution is 2.32. The summed E-state index contributed by atoms with van der Waals surface area (Å²) in [5, 5.41) is 29.6. The van der Waals surface area contributed by atoms with Crippen LogP contribution in [0, 0.1) is 0 Å². The number of Topliss-reactive ketones (excluding diaryl/α,β-unsaturated/α-hetero) is 2. The highest BCUT2D eigenvalue weighted by molar-refractivity contribution is 14.1. The molecule has 0 saturated carbocycles. The average molecular weight is 392 g/mol. The maximum Gasteiger partial charge on any atom is 0.198 e. The summed E-state index contributed by atoms with van der Waals surface area (Å²) in [6.07, 6.45) is 1.13. The molecule has 5 nitrogen and oxygen atoms in total. The highest BCUT2D eigenvalue weighted by Gasteiger charge is 2.27. The molecule has 0 saturated heterocycles. The summed E-state index contributed by atoms with van der Waals surface area (Å²) in [6.45, 7) is 2.87. The number of hydrogen-bond donors (Lipinski definition) is 3. The van der Waals surface area contributed by atoms with Crippen molar-refractivity contribution in [3.63, 3.8) is 0 Å². The maximum absolute atomic E-state index is 11.9. The summed E-state index contributed by atoms with van der Waals surface area (Å²) < 4.78 is 0.598. The number of carbonyl (C=O) groups excluding carboxylic acids is 2. The molecule has 0 bridgehead atoms. The van der Waals surface area contributed by atoms with Gasteiger partial charge in [-0.25, -0.2) is 0 Å². The lowest BCUT2D eigenvalue weighted by atomic mass is 9.95. The maximum atomic E-state index is 11.9. The van der Waals surface area contributed by atoms with Crippen LogP contribution in [0.3, 0.4) is 0 Å². The van der Waals surface area contributed by atoms with E-state index >= 15 is 0 Å². The number of hydrogen-bond acceptors (Lipinski definition) is 5. The molecule has 0 aromatic heterocycles. The zero-order valence-corrected chi connectivity index (χ0v) is 13.5. The van der Waals surface area contributed by atoms with E-state index in [9.17, 15) is 24.9 Å². The molecule has 1 aliphatic carbocycles. The molecule has 0 amide bonds. The third-order valence-electron chi connectivity index (χ3n) is 3.14. The van der Waals surface area contributed by atoms with Crippen LogP contribution in [-0.2, 0) is 9.59 Å². The molecule has 0 spiro atoms. The molecular weight excluding hydrogens is 375 g/mol. The molecule has 0 fully saturated rings. The second kappa shape index (κ2) is 7.03. The Hall–Kier alpha value is -1.15. The van der Waals surface area contributed by atoms with Crippen molar-refractivity contribution in [1.82, 2.24) is 0 Å². The Morgan fingerprint density at radius 1 is 1.45 bits per heavy atom. The van der Waals surface area contributed by atoms with Crippen molar-refractivity contribution in [1.29, 1.82) is 0 Å². The van der Waals surface area contributed by atoms with Gasteiger partial charge in [0, 0.05) is 17.6 Å². The van der Waals surface area contributed by atoms with Crippen molar-refractivity contribution in [3.05, 3.63) is 32.3 Å². The van der Waals surface area contributed by atoms with Gasteiger partial charge in [-0.1, -0.05) is 13.0 Å². The fourth-order valence-corrected chi connectivity index (χ4v) is 2.46. The predicted molar refractivity (Wildman–Crippen MR) is 82.6 cm³/mol. The molecule has 0 aromatic rings. The minimum absolute atomic E-state index is 0.0372. The molecular formula is C14H17IO5. The normalized spacial score (nSPS) is 18.3. The van der Waals surface area contributed by atoms with Gasteiger partial charge in [-0.3, -0.25) is 9.59 Å². The number of carbonyl (C=O) groups is 2. The smallest absolute Gasteiger partial charge is 0.198 e. The van der Waals surface area contributed by atoms with Crippen LogP contribution in [0.5, 0.6) is 0 Å². The summed E-state index contributed by atoms with van der Waals surface area (Å²) in [4.78, 5) is 23.2. The van der Waals surface area contributed by atoms with Crippen LogP contribution in [0.15, 0.2) is 32.3 Å². The number of allylic oxidation sites excluding steroid dienone is 3. The van der Waals surface area contributed by atoms with Gasteiger partial charge in [0.05, 0.1) is 3.58 Å². The van der Waals surface area contributed by atoms with Gasteiger partial charge in [-0.05, 0) is 42.4 Å². The Morgan fingerprint density at radius 3 is 2.60 bits per heavy atom. The van der Waals surface area contributed by atoms with Gasteiger partial charge in [-0.2, -0.15) is 0 Å². The zero-order chi connectivity index (χ0) is 15.4. The van der Waals surface area contributed by atoms with Crippen LogP contribution in [0.25, 0.3) is 0 Å². The first-order valence-corrected chi connectivity index (χ1v) is 7.32. The third kappa shape index (κ3) is 3.49. The van der Waals surface area contributed by atoms with E-state index < -0.39 is 17.7 Å².